The number of aliphatic carboxylic acids is 1. The number of benzene rings is 2. The van der Waals surface area contributed by atoms with Gasteiger partial charge >= 0.3 is 12.1 Å². The van der Waals surface area contributed by atoms with Crippen molar-refractivity contribution in [3.05, 3.63) is 59.7 Å². The minimum atomic E-state index is -0.770. The molecule has 7 heteroatoms. The summed E-state index contributed by atoms with van der Waals surface area (Å²) in [5.41, 5.74) is 4.71. The lowest BCUT2D eigenvalue weighted by Crippen LogP contribution is -2.33. The molecular weight excluding hydrogens is 432 g/mol. The van der Waals surface area contributed by atoms with E-state index >= 15 is 0 Å². The third kappa shape index (κ3) is 7.07. The predicted octanol–water partition coefficient (Wildman–Crippen LogP) is 4.70. The predicted molar refractivity (Wildman–Crippen MR) is 131 cm³/mol. The van der Waals surface area contributed by atoms with Gasteiger partial charge in [0.1, 0.15) is 6.61 Å². The summed E-state index contributed by atoms with van der Waals surface area (Å²) in [7, 11) is 0. The first-order valence-electron chi connectivity index (χ1n) is 12.1. The number of nitrogens with one attached hydrogen (secondary N) is 2. The van der Waals surface area contributed by atoms with Gasteiger partial charge < -0.3 is 20.5 Å². The van der Waals surface area contributed by atoms with Crippen molar-refractivity contribution >= 4 is 18.0 Å². The van der Waals surface area contributed by atoms with E-state index in [0.29, 0.717) is 25.9 Å². The van der Waals surface area contributed by atoms with Crippen molar-refractivity contribution in [3.8, 4) is 11.1 Å². The Bertz CT molecular complexity index is 945. The number of carboxylic acids is 1. The van der Waals surface area contributed by atoms with E-state index in [1.165, 1.54) is 22.3 Å². The van der Waals surface area contributed by atoms with Gasteiger partial charge in [0.25, 0.3) is 0 Å². The molecule has 0 spiro atoms. The quantitative estimate of drug-likeness (QED) is 0.371. The second-order valence-electron chi connectivity index (χ2n) is 8.79. The first-order valence-corrected chi connectivity index (χ1v) is 12.1. The molecule has 34 heavy (non-hydrogen) atoms. The number of amides is 2. The maximum atomic E-state index is 12.2. The Morgan fingerprint density at radius 2 is 1.50 bits per heavy atom. The van der Waals surface area contributed by atoms with Gasteiger partial charge in [-0.2, -0.15) is 0 Å². The van der Waals surface area contributed by atoms with E-state index in [4.69, 9.17) is 9.84 Å². The molecule has 0 saturated carbocycles. The van der Waals surface area contributed by atoms with Crippen LogP contribution in [0.1, 0.15) is 62.5 Å². The molecule has 1 aliphatic carbocycles. The first kappa shape index (κ1) is 25.3. The van der Waals surface area contributed by atoms with Gasteiger partial charge in [-0.05, 0) is 41.5 Å². The highest BCUT2D eigenvalue weighted by atomic mass is 16.5. The molecule has 1 aliphatic rings. The van der Waals surface area contributed by atoms with Crippen LogP contribution in [0.2, 0.25) is 0 Å². The Kier molecular flexibility index (Phi) is 9.50. The molecule has 0 fully saturated rings. The van der Waals surface area contributed by atoms with E-state index in [0.717, 1.165) is 19.3 Å². The number of carbonyl (C=O) groups excluding carboxylic acids is 2. The second kappa shape index (κ2) is 12.8. The summed E-state index contributed by atoms with van der Waals surface area (Å²) >= 11 is 0. The number of carboxylic acid groups (broad SMARTS) is 1. The van der Waals surface area contributed by atoms with Crippen LogP contribution in [0.15, 0.2) is 48.5 Å². The normalized spacial score (nSPS) is 13.0. The lowest BCUT2D eigenvalue weighted by atomic mass is 9.98. The zero-order valence-corrected chi connectivity index (χ0v) is 19.7. The summed E-state index contributed by atoms with van der Waals surface area (Å²) in [6.07, 6.45) is 3.48. The Balaban J connectivity index is 1.32. The second-order valence-corrected chi connectivity index (χ2v) is 8.79. The van der Waals surface area contributed by atoms with Crippen LogP contribution in [-0.2, 0) is 14.3 Å². The molecule has 2 aromatic carbocycles. The van der Waals surface area contributed by atoms with Crippen LogP contribution < -0.4 is 10.6 Å². The van der Waals surface area contributed by atoms with Crippen molar-refractivity contribution in [2.75, 3.05) is 19.7 Å². The fraction of sp³-hybridized carbons (Fsp3) is 0.444. The van der Waals surface area contributed by atoms with E-state index in [9.17, 15) is 14.4 Å². The average molecular weight is 467 g/mol. The van der Waals surface area contributed by atoms with Gasteiger partial charge in [-0.1, -0.05) is 68.3 Å². The van der Waals surface area contributed by atoms with Crippen molar-refractivity contribution in [1.82, 2.24) is 10.6 Å². The largest absolute Gasteiger partial charge is 0.481 e. The summed E-state index contributed by atoms with van der Waals surface area (Å²) in [5, 5.41) is 14.3. The summed E-state index contributed by atoms with van der Waals surface area (Å²) in [6.45, 7) is 3.04. The maximum absolute atomic E-state index is 12.2. The molecule has 3 rings (SSSR count). The van der Waals surface area contributed by atoms with Crippen molar-refractivity contribution in [1.29, 1.82) is 0 Å². The summed E-state index contributed by atoms with van der Waals surface area (Å²) in [6, 6.07) is 16.4. The van der Waals surface area contributed by atoms with Gasteiger partial charge in [-0.15, -0.1) is 0 Å². The van der Waals surface area contributed by atoms with E-state index < -0.39 is 12.1 Å². The van der Waals surface area contributed by atoms with E-state index in [1.807, 2.05) is 31.2 Å². The van der Waals surface area contributed by atoms with Crippen LogP contribution in [0.4, 0.5) is 4.79 Å². The monoisotopic (exact) mass is 466 g/mol. The smallest absolute Gasteiger partial charge is 0.407 e. The summed E-state index contributed by atoms with van der Waals surface area (Å²) < 4.78 is 5.52. The maximum Gasteiger partial charge on any atom is 0.407 e. The van der Waals surface area contributed by atoms with Gasteiger partial charge in [-0.25, -0.2) is 4.79 Å². The van der Waals surface area contributed by atoms with Crippen LogP contribution in [0.25, 0.3) is 11.1 Å². The fourth-order valence-corrected chi connectivity index (χ4v) is 4.31. The molecule has 0 heterocycles. The molecule has 7 nitrogen and oxygen atoms in total. The minimum absolute atomic E-state index is 0.0204. The van der Waals surface area contributed by atoms with Gasteiger partial charge in [0.15, 0.2) is 0 Å². The first-order chi connectivity index (χ1) is 16.5. The number of hydrogen-bond donors (Lipinski definition) is 3. The molecule has 2 amide bonds. The molecule has 2 aromatic rings. The molecule has 1 atom stereocenters. The molecule has 0 saturated heterocycles. The fourth-order valence-electron chi connectivity index (χ4n) is 4.31. The third-order valence-electron chi connectivity index (χ3n) is 6.25. The van der Waals surface area contributed by atoms with E-state index in [-0.39, 0.29) is 30.8 Å². The number of alkyl carbamates (subject to hydrolysis) is 1. The molecule has 182 valence electrons. The molecule has 3 N–H and O–H groups in total. The standard InChI is InChI=1S/C27H34N2O5/c1-19(26(32)28-16-9-3-2-4-14-25(30)31)15-17-29-27(33)34-18-24-22-12-7-5-10-20(22)21-11-6-8-13-23(21)24/h5-8,10-13,19,24H,2-4,9,14-18H2,1H3,(H,28,32)(H,29,33)(H,30,31). The van der Waals surface area contributed by atoms with E-state index in [2.05, 4.69) is 34.9 Å². The number of carbonyl (C=O) groups is 3. The third-order valence-corrected chi connectivity index (χ3v) is 6.25. The zero-order chi connectivity index (χ0) is 24.3. The molecule has 0 aromatic heterocycles. The Morgan fingerprint density at radius 1 is 0.882 bits per heavy atom. The SMILES string of the molecule is CC(CCNC(=O)OCC1c2ccccc2-c2ccccc21)C(=O)NCCCCCCC(=O)O. The van der Waals surface area contributed by atoms with Crippen molar-refractivity contribution < 1.29 is 24.2 Å². The molecule has 0 bridgehead atoms. The zero-order valence-electron chi connectivity index (χ0n) is 19.7. The van der Waals surface area contributed by atoms with Gasteiger partial charge in [0, 0.05) is 31.3 Å². The molecule has 0 aliphatic heterocycles. The van der Waals surface area contributed by atoms with Crippen LogP contribution in [0.5, 0.6) is 0 Å². The Hall–Kier alpha value is -3.35. The van der Waals surface area contributed by atoms with Crippen molar-refractivity contribution in [2.45, 2.75) is 51.4 Å². The van der Waals surface area contributed by atoms with Crippen LogP contribution in [-0.4, -0.2) is 42.8 Å². The lowest BCUT2D eigenvalue weighted by molar-refractivity contribution is -0.137. The number of fused-ring (bicyclic) bond motifs is 3. The van der Waals surface area contributed by atoms with Crippen molar-refractivity contribution in [3.63, 3.8) is 0 Å². The van der Waals surface area contributed by atoms with Gasteiger partial charge in [0.2, 0.25) is 5.91 Å². The van der Waals surface area contributed by atoms with E-state index in [1.54, 1.807) is 0 Å². The van der Waals surface area contributed by atoms with Gasteiger partial charge in [0.05, 0.1) is 0 Å². The van der Waals surface area contributed by atoms with Crippen LogP contribution >= 0.6 is 0 Å². The Labute approximate surface area is 200 Å². The Morgan fingerprint density at radius 3 is 2.15 bits per heavy atom. The highest BCUT2D eigenvalue weighted by Crippen LogP contribution is 2.44. The summed E-state index contributed by atoms with van der Waals surface area (Å²) in [4.78, 5) is 34.9. The number of hydrogen-bond acceptors (Lipinski definition) is 4. The highest BCUT2D eigenvalue weighted by Gasteiger charge is 2.29. The van der Waals surface area contributed by atoms with Gasteiger partial charge in [-0.3, -0.25) is 9.59 Å². The molecule has 1 unspecified atom stereocenters. The number of ether oxygens (including phenoxy) is 1. The topological polar surface area (TPSA) is 105 Å². The number of rotatable bonds is 13. The molecular formula is C27H34N2O5. The van der Waals surface area contributed by atoms with Crippen molar-refractivity contribution in [2.24, 2.45) is 5.92 Å². The average Bonchev–Trinajstić information content (AvgIpc) is 3.15. The van der Waals surface area contributed by atoms with Crippen LogP contribution in [0.3, 0.4) is 0 Å². The van der Waals surface area contributed by atoms with Crippen LogP contribution in [0, 0.1) is 5.92 Å². The highest BCUT2D eigenvalue weighted by molar-refractivity contribution is 5.79. The lowest BCUT2D eigenvalue weighted by Gasteiger charge is -2.15. The summed E-state index contributed by atoms with van der Waals surface area (Å²) in [5.74, 6) is -1.01. The number of unbranched alkanes of at least 4 members (excludes halogenated alkanes) is 3. The minimum Gasteiger partial charge on any atom is -0.481 e. The molecule has 0 radical (unpaired) electrons.